The monoisotopic (exact) mass is 1010 g/mol. The smallest absolute Gasteiger partial charge is 0.491 e. The predicted octanol–water partition coefficient (Wildman–Crippen LogP) is 2.68. The second kappa shape index (κ2) is 24.6. The first-order valence-electron chi connectivity index (χ1n) is 22.7. The quantitative estimate of drug-likeness (QED) is 0.0504. The van der Waals surface area contributed by atoms with E-state index in [1.54, 1.807) is 0 Å². The molecular formula is C50H51N7O12Zn. The maximum absolute atomic E-state index is 9.27. The molecule has 0 aliphatic carbocycles. The average Bonchev–Trinajstić information content (AvgIpc) is 4.12. The van der Waals surface area contributed by atoms with Crippen LogP contribution in [0.5, 0.6) is 23.0 Å². The summed E-state index contributed by atoms with van der Waals surface area (Å²) in [5, 5.41) is 40.3. The molecule has 3 aliphatic heterocycles. The van der Waals surface area contributed by atoms with E-state index >= 15 is 0 Å². The summed E-state index contributed by atoms with van der Waals surface area (Å²) in [6.45, 7) is 2.12. The Kier molecular flexibility index (Phi) is 17.6. The maximum atomic E-state index is 9.27. The fourth-order valence-electron chi connectivity index (χ4n) is 8.08. The summed E-state index contributed by atoms with van der Waals surface area (Å²) in [4.78, 5) is 35.9. The van der Waals surface area contributed by atoms with E-state index in [0.29, 0.717) is 102 Å². The number of fused-ring (bicyclic) bond motifs is 18. The maximum Gasteiger partial charge on any atom is 2.00 e. The number of aliphatic hydroxyl groups is 4. The van der Waals surface area contributed by atoms with E-state index in [1.807, 2.05) is 78.9 Å². The van der Waals surface area contributed by atoms with Gasteiger partial charge >= 0.3 is 19.5 Å². The topological polar surface area (TPSA) is 245 Å². The Morgan fingerprint density at radius 3 is 1.51 bits per heavy atom. The van der Waals surface area contributed by atoms with Crippen molar-refractivity contribution in [3.05, 3.63) is 106 Å². The summed E-state index contributed by atoms with van der Waals surface area (Å²) in [7, 11) is 0. The second-order valence-electron chi connectivity index (χ2n) is 15.4. The van der Waals surface area contributed by atoms with Crippen molar-refractivity contribution >= 4 is 62.5 Å². The number of ether oxygens (including phenoxy) is 8. The van der Waals surface area contributed by atoms with Crippen molar-refractivity contribution in [3.63, 3.8) is 0 Å². The van der Waals surface area contributed by atoms with Gasteiger partial charge in [0.15, 0.2) is 0 Å². The van der Waals surface area contributed by atoms with Gasteiger partial charge in [0, 0.05) is 45.5 Å². The largest absolute Gasteiger partial charge is 2.00 e. The number of hydrogen-bond acceptors (Lipinski definition) is 17. The standard InChI is InChI=1S/C50H51N7O12.Zn/c58-15-19-62-23-27-66-37-9-2-6-32-41(37)36-14-13-35-31-5-1-10-38(67-28-24-63-20-16-59)42(31)48(51-35)54-46-33-7-3-12-40(69-30-26-65-22-18-61)44(33)50(55-46)57-47-34-8-4-11-39(68-29-25-64-21-17-60)43(34)49(56-47)53-45(32)52-36;/h1-13,58-61H,14-30H2;/q-2;+2. The fourth-order valence-corrected chi connectivity index (χ4v) is 8.08. The van der Waals surface area contributed by atoms with Gasteiger partial charge < -0.3 is 83.3 Å². The minimum atomic E-state index is -0.110. The van der Waals surface area contributed by atoms with Gasteiger partial charge in [0.2, 0.25) is 0 Å². The number of benzene rings is 4. The second-order valence-corrected chi connectivity index (χ2v) is 15.4. The Balaban J connectivity index is 0.00000659. The predicted molar refractivity (Wildman–Crippen MR) is 256 cm³/mol. The molecule has 360 valence electrons. The van der Waals surface area contributed by atoms with Gasteiger partial charge in [-0.05, 0) is 45.9 Å². The van der Waals surface area contributed by atoms with Crippen LogP contribution in [-0.4, -0.2) is 149 Å². The van der Waals surface area contributed by atoms with Gasteiger partial charge in [0.05, 0.1) is 108 Å². The van der Waals surface area contributed by atoms with E-state index < -0.39 is 0 Å². The van der Waals surface area contributed by atoms with Crippen LogP contribution < -0.4 is 39.8 Å². The third-order valence-corrected chi connectivity index (χ3v) is 11.0. The van der Waals surface area contributed by atoms with Crippen molar-refractivity contribution in [2.24, 2.45) is 25.0 Å². The molecule has 3 aliphatic rings. The zero-order chi connectivity index (χ0) is 47.4. The van der Waals surface area contributed by atoms with Crippen molar-refractivity contribution in [2.75, 3.05) is 106 Å². The van der Waals surface area contributed by atoms with Crippen molar-refractivity contribution in [3.8, 4) is 23.0 Å². The van der Waals surface area contributed by atoms with E-state index in [2.05, 4.69) is 0 Å². The number of amidine groups is 3. The van der Waals surface area contributed by atoms with Crippen LogP contribution in [0.25, 0.3) is 27.6 Å². The van der Waals surface area contributed by atoms with E-state index in [1.165, 1.54) is 0 Å². The zero-order valence-electron chi connectivity index (χ0n) is 38.4. The van der Waals surface area contributed by atoms with Crippen LogP contribution in [0.2, 0.25) is 0 Å². The number of rotatable bonds is 24. The van der Waals surface area contributed by atoms with Crippen molar-refractivity contribution in [1.29, 1.82) is 0 Å². The van der Waals surface area contributed by atoms with Crippen molar-refractivity contribution < 1.29 is 77.8 Å². The Labute approximate surface area is 414 Å². The van der Waals surface area contributed by atoms with Gasteiger partial charge in [0.1, 0.15) is 49.4 Å². The number of aliphatic hydroxyl groups excluding tert-OH is 4. The Bertz CT molecular complexity index is 3040. The van der Waals surface area contributed by atoms with Gasteiger partial charge in [-0.3, -0.25) is 0 Å². The van der Waals surface area contributed by atoms with E-state index in [4.69, 9.17) is 72.8 Å². The molecule has 8 bridgehead atoms. The molecule has 0 saturated heterocycles. The molecule has 4 aromatic carbocycles. The Morgan fingerprint density at radius 2 is 0.914 bits per heavy atom. The molecule has 19 nitrogen and oxygen atoms in total. The summed E-state index contributed by atoms with van der Waals surface area (Å²) >= 11 is 0. The van der Waals surface area contributed by atoms with Crippen LogP contribution in [0.1, 0.15) is 28.7 Å². The molecule has 9 rings (SSSR count). The van der Waals surface area contributed by atoms with Crippen LogP contribution >= 0.6 is 0 Å². The molecule has 0 atom stereocenters. The van der Waals surface area contributed by atoms with Crippen LogP contribution in [-0.2, 0) is 38.4 Å². The summed E-state index contributed by atoms with van der Waals surface area (Å²) in [6.07, 6.45) is 2.29. The van der Waals surface area contributed by atoms with Crippen LogP contribution in [0.4, 0.5) is 11.6 Å². The molecule has 0 amide bonds. The molecule has 0 spiro atoms. The summed E-state index contributed by atoms with van der Waals surface area (Å²) in [5.41, 5.74) is 3.70. The molecule has 0 radical (unpaired) electrons. The molecule has 6 aromatic rings. The molecule has 2 aromatic heterocycles. The molecule has 0 unspecified atom stereocenters. The number of aromatic nitrogens is 2. The van der Waals surface area contributed by atoms with Gasteiger partial charge in [0.25, 0.3) is 0 Å². The third-order valence-electron chi connectivity index (χ3n) is 11.0. The fraction of sp³-hybridized carbons (Fsp3) is 0.340. The van der Waals surface area contributed by atoms with E-state index in [0.717, 1.165) is 10.9 Å². The molecule has 0 fully saturated rings. The first kappa shape index (κ1) is 50.2. The van der Waals surface area contributed by atoms with E-state index in [-0.39, 0.29) is 131 Å². The average molecular weight is 1010 g/mol. The Hall–Kier alpha value is -6.19. The molecule has 70 heavy (non-hydrogen) atoms. The first-order chi connectivity index (χ1) is 34.1. The Morgan fingerprint density at radius 1 is 0.429 bits per heavy atom. The minimum absolute atomic E-state index is 0. The van der Waals surface area contributed by atoms with Gasteiger partial charge in [-0.1, -0.05) is 54.6 Å². The summed E-state index contributed by atoms with van der Waals surface area (Å²) in [6, 6.07) is 22.5. The molecule has 0 saturated carbocycles. The number of nitrogens with zero attached hydrogens (tertiary/aromatic N) is 7. The number of aliphatic imine (C=N–C) groups is 4. The first-order valence-corrected chi connectivity index (χ1v) is 22.7. The van der Waals surface area contributed by atoms with Gasteiger partial charge in [-0.15, -0.1) is 0 Å². The molecule has 4 N–H and O–H groups in total. The van der Waals surface area contributed by atoms with Gasteiger partial charge in [-0.2, -0.15) is 0 Å². The third kappa shape index (κ3) is 11.2. The zero-order valence-corrected chi connectivity index (χ0v) is 41.4. The normalized spacial score (nSPS) is 13.5. The summed E-state index contributed by atoms with van der Waals surface area (Å²) < 4.78 is 47.3. The van der Waals surface area contributed by atoms with Crippen molar-refractivity contribution in [1.82, 2.24) is 9.97 Å². The molecule has 5 heterocycles. The number of hydrogen-bond donors (Lipinski definition) is 4. The minimum Gasteiger partial charge on any atom is -0.491 e. The van der Waals surface area contributed by atoms with Gasteiger partial charge in [-0.25, -0.2) is 9.98 Å². The van der Waals surface area contributed by atoms with Crippen LogP contribution in [0, 0.1) is 0 Å². The van der Waals surface area contributed by atoms with Crippen LogP contribution in [0.3, 0.4) is 0 Å². The van der Waals surface area contributed by atoms with E-state index in [9.17, 15) is 20.4 Å². The molecule has 20 heteroatoms. The van der Waals surface area contributed by atoms with Crippen molar-refractivity contribution in [2.45, 2.75) is 6.42 Å². The molecular weight excluding hydrogens is 956 g/mol. The summed E-state index contributed by atoms with van der Waals surface area (Å²) in [5.74, 6) is 3.68. The van der Waals surface area contributed by atoms with Crippen LogP contribution in [0.15, 0.2) is 97.8 Å². The SMILES string of the molecule is OCCOCCOc1cccc2c1C1=NC2=Nc2[n-]c(c3cccc(OCCOCCO)c23)N=C2N=C(N=c3[n-]c(c4cccc(OCCOCCO)c34)=CC1)c1cccc(OCCOCCO)c12.[Zn+2].